The van der Waals surface area contributed by atoms with Crippen LogP contribution in [0.2, 0.25) is 5.02 Å². The number of halogens is 1. The third-order valence-electron chi connectivity index (χ3n) is 3.55. The second-order valence-corrected chi connectivity index (χ2v) is 5.62. The second-order valence-electron chi connectivity index (χ2n) is 5.19. The van der Waals surface area contributed by atoms with Crippen LogP contribution in [0.25, 0.3) is 0 Å². The van der Waals surface area contributed by atoms with E-state index in [0.717, 1.165) is 5.56 Å². The van der Waals surface area contributed by atoms with Crippen molar-refractivity contribution in [2.75, 3.05) is 21.3 Å². The molecule has 2 rings (SSSR count). The number of hydrogen-bond acceptors (Lipinski definition) is 4. The maximum atomic E-state index is 12.5. The third kappa shape index (κ3) is 4.06. The van der Waals surface area contributed by atoms with Gasteiger partial charge in [-0.3, -0.25) is 4.79 Å². The minimum Gasteiger partial charge on any atom is -0.496 e. The Balaban J connectivity index is 2.15. The minimum atomic E-state index is -0.439. The Kier molecular flexibility index (Phi) is 5.82. The highest BCUT2D eigenvalue weighted by Gasteiger charge is 2.15. The first-order valence-electron chi connectivity index (χ1n) is 7.22. The third-order valence-corrected chi connectivity index (χ3v) is 3.78. The number of esters is 1. The number of nitrogens with zero attached hydrogens (tertiary/aromatic N) is 1. The smallest absolute Gasteiger partial charge is 0.337 e. The van der Waals surface area contributed by atoms with Crippen molar-refractivity contribution in [1.82, 2.24) is 4.90 Å². The van der Waals surface area contributed by atoms with E-state index in [-0.39, 0.29) is 5.91 Å². The fourth-order valence-electron chi connectivity index (χ4n) is 2.29. The number of methoxy groups -OCH3 is 2. The molecule has 0 aromatic heterocycles. The van der Waals surface area contributed by atoms with Crippen molar-refractivity contribution in [3.8, 4) is 5.75 Å². The second kappa shape index (κ2) is 7.84. The van der Waals surface area contributed by atoms with Gasteiger partial charge in [-0.1, -0.05) is 11.6 Å². The normalized spacial score (nSPS) is 10.2. The molecule has 0 N–H and O–H groups in total. The van der Waals surface area contributed by atoms with Crippen LogP contribution in [0.3, 0.4) is 0 Å². The number of carbonyl (C=O) groups is 2. The summed E-state index contributed by atoms with van der Waals surface area (Å²) < 4.78 is 9.93. The van der Waals surface area contributed by atoms with Gasteiger partial charge in [-0.05, 0) is 42.5 Å². The molecule has 5 nitrogen and oxygen atoms in total. The van der Waals surface area contributed by atoms with Gasteiger partial charge in [-0.2, -0.15) is 0 Å². The molecule has 0 radical (unpaired) electrons. The van der Waals surface area contributed by atoms with E-state index in [1.807, 2.05) is 0 Å². The quantitative estimate of drug-likeness (QED) is 0.778. The van der Waals surface area contributed by atoms with Gasteiger partial charge in [-0.25, -0.2) is 4.79 Å². The number of rotatable bonds is 5. The Morgan fingerprint density at radius 3 is 2.25 bits per heavy atom. The molecule has 0 unspecified atom stereocenters. The first-order valence-corrected chi connectivity index (χ1v) is 7.60. The summed E-state index contributed by atoms with van der Waals surface area (Å²) in [6, 6.07) is 11.6. The van der Waals surface area contributed by atoms with Crippen LogP contribution in [0.4, 0.5) is 0 Å². The molecule has 1 amide bonds. The molecule has 6 heteroatoms. The zero-order chi connectivity index (χ0) is 17.7. The lowest BCUT2D eigenvalue weighted by Gasteiger charge is -2.19. The van der Waals surface area contributed by atoms with E-state index in [2.05, 4.69) is 4.74 Å². The molecule has 0 saturated heterocycles. The zero-order valence-electron chi connectivity index (χ0n) is 13.7. The number of amides is 1. The standard InChI is InChI=1S/C18H18ClNO4/c1-20(11-14-10-15(19)8-9-16(14)23-2)17(21)12-4-6-13(7-5-12)18(22)24-3/h4-10H,11H2,1-3H3. The van der Waals surface area contributed by atoms with Crippen molar-refractivity contribution in [3.05, 3.63) is 64.2 Å². The van der Waals surface area contributed by atoms with E-state index >= 15 is 0 Å². The fraction of sp³-hybridized carbons (Fsp3) is 0.222. The van der Waals surface area contributed by atoms with Crippen LogP contribution in [0, 0.1) is 0 Å². The number of benzene rings is 2. The van der Waals surface area contributed by atoms with Crippen molar-refractivity contribution in [3.63, 3.8) is 0 Å². The van der Waals surface area contributed by atoms with Crippen LogP contribution < -0.4 is 4.74 Å². The molecular formula is C18H18ClNO4. The lowest BCUT2D eigenvalue weighted by molar-refractivity contribution is 0.0600. The zero-order valence-corrected chi connectivity index (χ0v) is 14.5. The summed E-state index contributed by atoms with van der Waals surface area (Å²) in [5, 5.41) is 0.578. The molecule has 0 aliphatic heterocycles. The molecule has 0 aliphatic carbocycles. The maximum absolute atomic E-state index is 12.5. The molecule has 24 heavy (non-hydrogen) atoms. The molecule has 0 saturated carbocycles. The van der Waals surface area contributed by atoms with Crippen molar-refractivity contribution in [2.24, 2.45) is 0 Å². The van der Waals surface area contributed by atoms with Gasteiger partial charge >= 0.3 is 5.97 Å². The van der Waals surface area contributed by atoms with Crippen molar-refractivity contribution in [2.45, 2.75) is 6.54 Å². The number of ether oxygens (including phenoxy) is 2. The highest BCUT2D eigenvalue weighted by atomic mass is 35.5. The summed E-state index contributed by atoms with van der Waals surface area (Å²) in [4.78, 5) is 25.5. The van der Waals surface area contributed by atoms with Gasteiger partial charge in [0.2, 0.25) is 0 Å². The predicted molar refractivity (Wildman–Crippen MR) is 91.6 cm³/mol. The summed E-state index contributed by atoms with van der Waals surface area (Å²) in [7, 11) is 4.57. The van der Waals surface area contributed by atoms with E-state index in [0.29, 0.717) is 28.4 Å². The summed E-state index contributed by atoms with van der Waals surface area (Å²) in [5.74, 6) is 0.0551. The van der Waals surface area contributed by atoms with Crippen LogP contribution in [0.5, 0.6) is 5.75 Å². The summed E-state index contributed by atoms with van der Waals surface area (Å²) in [6.45, 7) is 0.349. The molecule has 126 valence electrons. The molecule has 0 bridgehead atoms. The SMILES string of the molecule is COC(=O)c1ccc(C(=O)N(C)Cc2cc(Cl)ccc2OC)cc1. The summed E-state index contributed by atoms with van der Waals surface area (Å²) >= 11 is 6.01. The highest BCUT2D eigenvalue weighted by molar-refractivity contribution is 6.30. The lowest BCUT2D eigenvalue weighted by atomic mass is 10.1. The van der Waals surface area contributed by atoms with Crippen LogP contribution in [0.1, 0.15) is 26.3 Å². The van der Waals surface area contributed by atoms with Crippen LogP contribution >= 0.6 is 11.6 Å². The van der Waals surface area contributed by atoms with E-state index in [1.54, 1.807) is 61.5 Å². The van der Waals surface area contributed by atoms with Gasteiger partial charge in [0.25, 0.3) is 5.91 Å². The van der Waals surface area contributed by atoms with E-state index in [1.165, 1.54) is 7.11 Å². The fourth-order valence-corrected chi connectivity index (χ4v) is 2.48. The molecule has 2 aromatic rings. The van der Waals surface area contributed by atoms with Gasteiger partial charge in [-0.15, -0.1) is 0 Å². The van der Waals surface area contributed by atoms with Crippen molar-refractivity contribution in [1.29, 1.82) is 0 Å². The van der Waals surface area contributed by atoms with Gasteiger partial charge in [0.1, 0.15) is 5.75 Å². The first kappa shape index (κ1) is 17.8. The van der Waals surface area contributed by atoms with Crippen LogP contribution in [0.15, 0.2) is 42.5 Å². The Hall–Kier alpha value is -2.53. The van der Waals surface area contributed by atoms with Gasteiger partial charge in [0.15, 0.2) is 0 Å². The Morgan fingerprint density at radius 1 is 1.04 bits per heavy atom. The molecule has 0 atom stereocenters. The summed E-state index contributed by atoms with van der Waals surface area (Å²) in [5.41, 5.74) is 1.69. The minimum absolute atomic E-state index is 0.173. The van der Waals surface area contributed by atoms with Crippen molar-refractivity contribution < 1.29 is 19.1 Å². The van der Waals surface area contributed by atoms with Crippen molar-refractivity contribution >= 4 is 23.5 Å². The first-order chi connectivity index (χ1) is 11.5. The molecule has 2 aromatic carbocycles. The van der Waals surface area contributed by atoms with Gasteiger partial charge in [0, 0.05) is 29.7 Å². The van der Waals surface area contributed by atoms with Gasteiger partial charge < -0.3 is 14.4 Å². The number of hydrogen-bond donors (Lipinski definition) is 0. The van der Waals surface area contributed by atoms with E-state index in [9.17, 15) is 9.59 Å². The maximum Gasteiger partial charge on any atom is 0.337 e. The average Bonchev–Trinajstić information content (AvgIpc) is 2.60. The monoisotopic (exact) mass is 347 g/mol. The Morgan fingerprint density at radius 2 is 1.67 bits per heavy atom. The average molecular weight is 348 g/mol. The lowest BCUT2D eigenvalue weighted by Crippen LogP contribution is -2.26. The molecule has 0 spiro atoms. The topological polar surface area (TPSA) is 55.8 Å². The Labute approximate surface area is 145 Å². The summed E-state index contributed by atoms with van der Waals surface area (Å²) in [6.07, 6.45) is 0. The van der Waals surface area contributed by atoms with Gasteiger partial charge in [0.05, 0.1) is 19.8 Å². The molecule has 0 aliphatic rings. The van der Waals surface area contributed by atoms with E-state index < -0.39 is 5.97 Å². The molecule has 0 fully saturated rings. The van der Waals surface area contributed by atoms with E-state index in [4.69, 9.17) is 16.3 Å². The Bertz CT molecular complexity index is 743. The number of carbonyl (C=O) groups excluding carboxylic acids is 2. The predicted octanol–water partition coefficient (Wildman–Crippen LogP) is 3.41. The van der Waals surface area contributed by atoms with Crippen LogP contribution in [-0.2, 0) is 11.3 Å². The molecular weight excluding hydrogens is 330 g/mol. The highest BCUT2D eigenvalue weighted by Crippen LogP contribution is 2.24. The molecule has 0 heterocycles. The van der Waals surface area contributed by atoms with Crippen LogP contribution in [-0.4, -0.2) is 38.0 Å². The largest absolute Gasteiger partial charge is 0.496 e.